The van der Waals surface area contributed by atoms with Crippen molar-refractivity contribution >= 4 is 38.7 Å². The molecule has 1 amide bonds. The van der Waals surface area contributed by atoms with Gasteiger partial charge in [-0.1, -0.05) is 0 Å². The molecule has 234 valence electrons. The summed E-state index contributed by atoms with van der Waals surface area (Å²) < 4.78 is 72.0. The molecule has 3 N–H and O–H groups in total. The quantitative estimate of drug-likeness (QED) is 0.380. The summed E-state index contributed by atoms with van der Waals surface area (Å²) in [7, 11) is -2.38. The van der Waals surface area contributed by atoms with Crippen molar-refractivity contribution in [3.8, 4) is 17.2 Å². The number of benzene rings is 2. The fourth-order valence-electron chi connectivity index (χ4n) is 6.06. The molecule has 6 rings (SSSR count). The zero-order valence-corrected chi connectivity index (χ0v) is 24.8. The van der Waals surface area contributed by atoms with Gasteiger partial charge in [-0.2, -0.15) is 0 Å². The summed E-state index contributed by atoms with van der Waals surface area (Å²) in [4.78, 5) is 17.7. The number of nitrogens with one attached hydrogen (secondary N) is 2. The van der Waals surface area contributed by atoms with Gasteiger partial charge in [0.05, 0.1) is 36.5 Å². The molecule has 0 atom stereocenters. The lowest BCUT2D eigenvalue weighted by atomic mass is 9.93. The smallest absolute Gasteiger partial charge is 0.256 e. The van der Waals surface area contributed by atoms with Crippen molar-refractivity contribution in [2.24, 2.45) is 5.41 Å². The lowest BCUT2D eigenvalue weighted by Gasteiger charge is -2.35. The second-order valence-corrected chi connectivity index (χ2v) is 13.6. The number of piperidine rings is 2. The number of fused-ring (bicyclic) bond motifs is 1. The molecule has 0 radical (unpaired) electrons. The predicted molar refractivity (Wildman–Crippen MR) is 158 cm³/mol. The molecule has 3 fully saturated rings. The van der Waals surface area contributed by atoms with Gasteiger partial charge in [0.2, 0.25) is 16.8 Å². The number of aliphatic hydroxyl groups excluding tert-OH is 1. The number of amides is 1. The van der Waals surface area contributed by atoms with Crippen LogP contribution in [0.4, 0.5) is 31.5 Å². The Balaban J connectivity index is 1.33. The van der Waals surface area contributed by atoms with Crippen molar-refractivity contribution in [1.82, 2.24) is 0 Å². The van der Waals surface area contributed by atoms with Crippen LogP contribution in [0.5, 0.6) is 17.2 Å². The summed E-state index contributed by atoms with van der Waals surface area (Å²) in [5.41, 5.74) is 2.36. The van der Waals surface area contributed by atoms with E-state index < -0.39 is 34.2 Å². The van der Waals surface area contributed by atoms with Gasteiger partial charge in [0.1, 0.15) is 11.4 Å². The van der Waals surface area contributed by atoms with Crippen LogP contribution in [-0.2, 0) is 10.0 Å². The van der Waals surface area contributed by atoms with Crippen LogP contribution >= 0.6 is 0 Å². The molecule has 2 saturated heterocycles. The molecular weight excluding hydrogens is 586 g/mol. The van der Waals surface area contributed by atoms with E-state index in [0.29, 0.717) is 34.0 Å². The molecule has 0 unspecified atom stereocenters. The monoisotopic (exact) mass is 622 g/mol. The van der Waals surface area contributed by atoms with Gasteiger partial charge in [-0.05, 0) is 49.3 Å². The fraction of sp³-hybridized carbons (Fsp3) is 0.552. The minimum absolute atomic E-state index is 0.0422. The number of ether oxygens (including phenoxy) is 3. The maximum absolute atomic E-state index is 13.9. The first-order chi connectivity index (χ1) is 20.5. The largest absolute Gasteiger partial charge is 0.494 e. The maximum Gasteiger partial charge on any atom is 0.256 e. The van der Waals surface area contributed by atoms with Crippen molar-refractivity contribution in [3.05, 3.63) is 29.8 Å². The normalized spacial score (nSPS) is 20.2. The van der Waals surface area contributed by atoms with E-state index in [4.69, 9.17) is 14.2 Å². The van der Waals surface area contributed by atoms with E-state index in [-0.39, 0.29) is 49.7 Å². The molecule has 1 spiro atoms. The highest BCUT2D eigenvalue weighted by Gasteiger charge is 2.45. The van der Waals surface area contributed by atoms with Gasteiger partial charge in [-0.25, -0.2) is 17.2 Å². The van der Waals surface area contributed by atoms with E-state index in [0.717, 1.165) is 25.9 Å². The number of methoxy groups -OCH3 is 1. The molecule has 3 aliphatic heterocycles. The number of sulfonamides is 1. The molecule has 0 bridgehead atoms. The zero-order valence-electron chi connectivity index (χ0n) is 24.0. The Labute approximate surface area is 249 Å². The Hall–Kier alpha value is -3.52. The van der Waals surface area contributed by atoms with Gasteiger partial charge in [-0.15, -0.1) is 0 Å². The number of carbonyl (C=O) groups is 1. The van der Waals surface area contributed by atoms with Gasteiger partial charge >= 0.3 is 0 Å². The fourth-order valence-corrected chi connectivity index (χ4v) is 6.88. The summed E-state index contributed by atoms with van der Waals surface area (Å²) in [6.07, 6.45) is 3.79. The van der Waals surface area contributed by atoms with E-state index in [9.17, 15) is 27.1 Å². The molecular formula is C29H36F2N4O7S. The minimum atomic E-state index is -3.81. The summed E-state index contributed by atoms with van der Waals surface area (Å²) in [5.74, 6) is -2.65. The lowest BCUT2D eigenvalue weighted by Crippen LogP contribution is -2.39. The van der Waals surface area contributed by atoms with Crippen LogP contribution < -0.4 is 34.0 Å². The molecule has 11 nitrogen and oxygen atoms in total. The minimum Gasteiger partial charge on any atom is -0.494 e. The van der Waals surface area contributed by atoms with Crippen LogP contribution in [0.2, 0.25) is 0 Å². The summed E-state index contributed by atoms with van der Waals surface area (Å²) in [6, 6.07) is 6.32. The van der Waals surface area contributed by atoms with E-state index >= 15 is 0 Å². The Bertz CT molecular complexity index is 1500. The SMILES string of the molecule is COc1cc(NS(=O)(=O)CCO)cc(N2CCC3(CC2)CC3)c1NC(=O)c1cc2c(c(N3CCC(F)(F)CC3)c1)OCO2. The highest BCUT2D eigenvalue weighted by molar-refractivity contribution is 7.92. The standard InChI is InChI=1S/C29H36F2N4O7S/c1-40-23-17-20(33-43(38,39)13-12-36)16-21(34-8-4-28(2-3-28)5-9-34)25(23)32-27(37)19-14-22(26-24(15-19)41-18-42-26)35-10-6-29(30,31)7-11-35/h14-17,33,36H,2-13,18H2,1H3,(H,32,37). The number of carbonyl (C=O) groups excluding carboxylic acids is 1. The van der Waals surface area contributed by atoms with Crippen LogP contribution in [0.1, 0.15) is 48.9 Å². The zero-order chi connectivity index (χ0) is 30.4. The second kappa shape index (κ2) is 11.2. The predicted octanol–water partition coefficient (Wildman–Crippen LogP) is 4.03. The molecule has 43 heavy (non-hydrogen) atoms. The summed E-state index contributed by atoms with van der Waals surface area (Å²) in [6.45, 7) is 1.10. The van der Waals surface area contributed by atoms with Crippen LogP contribution in [-0.4, -0.2) is 77.8 Å². The first-order valence-electron chi connectivity index (χ1n) is 14.5. The number of alkyl halides is 2. The number of rotatable bonds is 9. The number of hydrogen-bond donors (Lipinski definition) is 3. The third-order valence-electron chi connectivity index (χ3n) is 8.85. The van der Waals surface area contributed by atoms with E-state index in [1.807, 2.05) is 0 Å². The molecule has 1 saturated carbocycles. The van der Waals surface area contributed by atoms with Crippen molar-refractivity contribution < 1.29 is 41.3 Å². The molecule has 3 heterocycles. The van der Waals surface area contributed by atoms with E-state index in [1.165, 1.54) is 26.0 Å². The number of anilines is 4. The molecule has 2 aromatic rings. The van der Waals surface area contributed by atoms with Crippen LogP contribution in [0, 0.1) is 5.41 Å². The van der Waals surface area contributed by atoms with Crippen LogP contribution in [0.25, 0.3) is 0 Å². The molecule has 0 aromatic heterocycles. The Kier molecular flexibility index (Phi) is 7.69. The van der Waals surface area contributed by atoms with Gasteiger partial charge < -0.3 is 34.4 Å². The van der Waals surface area contributed by atoms with Crippen LogP contribution in [0.3, 0.4) is 0 Å². The summed E-state index contributed by atoms with van der Waals surface area (Å²) >= 11 is 0. The molecule has 1 aliphatic carbocycles. The third-order valence-corrected chi connectivity index (χ3v) is 10.1. The van der Waals surface area contributed by atoms with Crippen molar-refractivity contribution in [2.45, 2.75) is 44.4 Å². The maximum atomic E-state index is 13.9. The average molecular weight is 623 g/mol. The highest BCUT2D eigenvalue weighted by Crippen LogP contribution is 2.55. The van der Waals surface area contributed by atoms with E-state index in [2.05, 4.69) is 14.9 Å². The lowest BCUT2D eigenvalue weighted by molar-refractivity contribution is -0.0221. The van der Waals surface area contributed by atoms with Crippen molar-refractivity contribution in [2.75, 3.05) is 72.3 Å². The van der Waals surface area contributed by atoms with E-state index in [1.54, 1.807) is 23.1 Å². The molecule has 2 aromatic carbocycles. The van der Waals surface area contributed by atoms with Gasteiger partial charge in [-0.3, -0.25) is 9.52 Å². The number of hydrogen-bond acceptors (Lipinski definition) is 9. The number of nitrogens with zero attached hydrogens (tertiary/aromatic N) is 2. The Morgan fingerprint density at radius 1 is 0.977 bits per heavy atom. The highest BCUT2D eigenvalue weighted by atomic mass is 32.2. The molecule has 14 heteroatoms. The number of aliphatic hydroxyl groups is 1. The van der Waals surface area contributed by atoms with Gasteiger partial charge in [0, 0.05) is 50.7 Å². The topological polar surface area (TPSA) is 130 Å². The van der Waals surface area contributed by atoms with Crippen molar-refractivity contribution in [1.29, 1.82) is 0 Å². The average Bonchev–Trinajstić information content (AvgIpc) is 3.54. The second-order valence-electron chi connectivity index (χ2n) is 11.7. The first kappa shape index (κ1) is 29.5. The Morgan fingerprint density at radius 3 is 2.30 bits per heavy atom. The summed E-state index contributed by atoms with van der Waals surface area (Å²) in [5, 5.41) is 12.1. The van der Waals surface area contributed by atoms with Crippen LogP contribution in [0.15, 0.2) is 24.3 Å². The molecule has 4 aliphatic rings. The Morgan fingerprint density at radius 2 is 1.65 bits per heavy atom. The van der Waals surface area contributed by atoms with Gasteiger partial charge in [0.15, 0.2) is 11.5 Å². The third kappa shape index (κ3) is 6.26. The number of halogens is 2. The van der Waals surface area contributed by atoms with Crippen molar-refractivity contribution in [3.63, 3.8) is 0 Å². The first-order valence-corrected chi connectivity index (χ1v) is 16.1. The van der Waals surface area contributed by atoms with Gasteiger partial charge in [0.25, 0.3) is 11.8 Å².